The molecule has 0 fully saturated rings. The van der Waals surface area contributed by atoms with Crippen molar-refractivity contribution in [2.75, 3.05) is 0 Å². The molecule has 1 amide bonds. The smallest absolute Gasteiger partial charge is 0.268 e. The van der Waals surface area contributed by atoms with E-state index in [0.717, 1.165) is 23.3 Å². The van der Waals surface area contributed by atoms with Crippen LogP contribution in [0.2, 0.25) is 0 Å². The number of nitrogens with one attached hydrogen (secondary N) is 1. The Hall–Kier alpha value is -2.14. The third kappa shape index (κ3) is 2.69. The monoisotopic (exact) mass is 299 g/mol. The van der Waals surface area contributed by atoms with Crippen molar-refractivity contribution >= 4 is 27.5 Å². The Bertz CT molecular complexity index is 774. The molecule has 0 atom stereocenters. The summed E-state index contributed by atoms with van der Waals surface area (Å²) in [5, 5.41) is 2.97. The van der Waals surface area contributed by atoms with E-state index >= 15 is 0 Å². The fourth-order valence-electron chi connectivity index (χ4n) is 2.47. The molecule has 0 aromatic carbocycles. The number of hydrogen-bond donors (Lipinski definition) is 1. The third-order valence-electron chi connectivity index (χ3n) is 3.46. The quantitative estimate of drug-likeness (QED) is 0.803. The van der Waals surface area contributed by atoms with Crippen molar-refractivity contribution in [3.63, 3.8) is 0 Å². The lowest BCUT2D eigenvalue weighted by atomic mass is 10.2. The van der Waals surface area contributed by atoms with Crippen molar-refractivity contribution in [2.45, 2.75) is 26.9 Å². The molecular formula is C16H17N3OS. The molecule has 0 aliphatic carbocycles. The van der Waals surface area contributed by atoms with E-state index < -0.39 is 0 Å². The number of aryl methyl sites for hydroxylation is 2. The zero-order valence-corrected chi connectivity index (χ0v) is 12.9. The number of hydrogen-bond acceptors (Lipinski definition) is 3. The van der Waals surface area contributed by atoms with Gasteiger partial charge in [0.2, 0.25) is 0 Å². The van der Waals surface area contributed by atoms with Gasteiger partial charge < -0.3 is 9.88 Å². The van der Waals surface area contributed by atoms with Crippen molar-refractivity contribution in [1.29, 1.82) is 0 Å². The van der Waals surface area contributed by atoms with Gasteiger partial charge in [0.15, 0.2) is 0 Å². The maximum atomic E-state index is 12.4. The van der Waals surface area contributed by atoms with Crippen LogP contribution in [0.25, 0.3) is 10.2 Å². The first-order valence-electron chi connectivity index (χ1n) is 6.96. The van der Waals surface area contributed by atoms with E-state index in [0.29, 0.717) is 6.54 Å². The summed E-state index contributed by atoms with van der Waals surface area (Å²) in [7, 11) is 0. The largest absolute Gasteiger partial charge is 0.347 e. The molecule has 0 radical (unpaired) electrons. The molecule has 0 saturated carbocycles. The summed E-state index contributed by atoms with van der Waals surface area (Å²) in [4.78, 5) is 17.6. The molecule has 3 aromatic heterocycles. The maximum absolute atomic E-state index is 12.4. The third-order valence-corrected chi connectivity index (χ3v) is 4.45. The molecule has 0 unspecified atom stereocenters. The summed E-state index contributed by atoms with van der Waals surface area (Å²) in [5.74, 6) is -0.0327. The van der Waals surface area contributed by atoms with E-state index in [2.05, 4.69) is 34.8 Å². The second kappa shape index (κ2) is 5.69. The number of carbonyl (C=O) groups excluding carboxylic acids is 1. The van der Waals surface area contributed by atoms with Gasteiger partial charge in [-0.3, -0.25) is 9.78 Å². The maximum Gasteiger partial charge on any atom is 0.268 e. The average Bonchev–Trinajstić information content (AvgIpc) is 3.01. The fraction of sp³-hybridized carbons (Fsp3) is 0.250. The molecule has 0 saturated heterocycles. The standard InChI is InChI=1S/C16H17N3OS/c1-3-19-13-8-11(2)21-15(13)9-14(19)16(20)18-10-12-4-6-17-7-5-12/h4-9H,3,10H2,1-2H3,(H,18,20). The van der Waals surface area contributed by atoms with Crippen LogP contribution in [0.1, 0.15) is 27.9 Å². The normalized spacial score (nSPS) is 11.0. The summed E-state index contributed by atoms with van der Waals surface area (Å²) < 4.78 is 3.24. The highest BCUT2D eigenvalue weighted by Crippen LogP contribution is 2.28. The van der Waals surface area contributed by atoms with Gasteiger partial charge in [-0.15, -0.1) is 11.3 Å². The lowest BCUT2D eigenvalue weighted by Crippen LogP contribution is -2.25. The Kier molecular flexibility index (Phi) is 3.75. The van der Waals surface area contributed by atoms with Crippen LogP contribution < -0.4 is 5.32 Å². The molecule has 0 bridgehead atoms. The summed E-state index contributed by atoms with van der Waals surface area (Å²) in [6.45, 7) is 5.46. The SMILES string of the molecule is CCn1c(C(=O)NCc2ccncc2)cc2sc(C)cc21. The molecule has 3 aromatic rings. The van der Waals surface area contributed by atoms with Crippen LogP contribution in [0.3, 0.4) is 0 Å². The molecule has 0 aliphatic heterocycles. The van der Waals surface area contributed by atoms with E-state index in [9.17, 15) is 4.79 Å². The second-order valence-electron chi connectivity index (χ2n) is 4.92. The zero-order chi connectivity index (χ0) is 14.8. The van der Waals surface area contributed by atoms with Crippen LogP contribution in [-0.4, -0.2) is 15.5 Å². The number of pyridine rings is 1. The molecule has 4 nitrogen and oxygen atoms in total. The van der Waals surface area contributed by atoms with Crippen LogP contribution in [-0.2, 0) is 13.1 Å². The van der Waals surface area contributed by atoms with Gasteiger partial charge in [0.1, 0.15) is 5.69 Å². The summed E-state index contributed by atoms with van der Waals surface area (Å²) in [5.41, 5.74) is 2.92. The van der Waals surface area contributed by atoms with Crippen molar-refractivity contribution in [3.05, 3.63) is 52.8 Å². The Morgan fingerprint density at radius 3 is 2.81 bits per heavy atom. The number of rotatable bonds is 4. The minimum absolute atomic E-state index is 0.0327. The summed E-state index contributed by atoms with van der Waals surface area (Å²) in [6.07, 6.45) is 3.46. The molecule has 5 heteroatoms. The molecule has 108 valence electrons. The average molecular weight is 299 g/mol. The van der Waals surface area contributed by atoms with Crippen LogP contribution in [0, 0.1) is 6.92 Å². The van der Waals surface area contributed by atoms with E-state index in [1.807, 2.05) is 18.2 Å². The number of aromatic nitrogens is 2. The van der Waals surface area contributed by atoms with Crippen molar-refractivity contribution in [1.82, 2.24) is 14.9 Å². The van der Waals surface area contributed by atoms with Gasteiger partial charge in [0.05, 0.1) is 10.2 Å². The van der Waals surface area contributed by atoms with E-state index in [1.54, 1.807) is 23.7 Å². The minimum atomic E-state index is -0.0327. The van der Waals surface area contributed by atoms with Gasteiger partial charge in [-0.05, 0) is 43.7 Å². The molecule has 0 spiro atoms. The van der Waals surface area contributed by atoms with E-state index in [-0.39, 0.29) is 5.91 Å². The fourth-order valence-corrected chi connectivity index (χ4v) is 3.43. The molecule has 1 N–H and O–H groups in total. The van der Waals surface area contributed by atoms with Gasteiger partial charge in [-0.25, -0.2) is 0 Å². The Labute approximate surface area is 127 Å². The molecule has 3 rings (SSSR count). The van der Waals surface area contributed by atoms with Crippen LogP contribution in [0.4, 0.5) is 0 Å². The van der Waals surface area contributed by atoms with Crippen molar-refractivity contribution < 1.29 is 4.79 Å². The van der Waals surface area contributed by atoms with Gasteiger partial charge in [-0.2, -0.15) is 0 Å². The number of nitrogens with zero attached hydrogens (tertiary/aromatic N) is 2. The highest BCUT2D eigenvalue weighted by molar-refractivity contribution is 7.19. The minimum Gasteiger partial charge on any atom is -0.347 e. The number of fused-ring (bicyclic) bond motifs is 1. The Morgan fingerprint density at radius 1 is 1.33 bits per heavy atom. The number of thiophene rings is 1. The predicted molar refractivity (Wildman–Crippen MR) is 85.6 cm³/mol. The molecule has 21 heavy (non-hydrogen) atoms. The highest BCUT2D eigenvalue weighted by atomic mass is 32.1. The molecular weight excluding hydrogens is 282 g/mol. The first kappa shape index (κ1) is 13.8. The zero-order valence-electron chi connectivity index (χ0n) is 12.1. The topological polar surface area (TPSA) is 46.9 Å². The van der Waals surface area contributed by atoms with Crippen LogP contribution in [0.5, 0.6) is 0 Å². The Morgan fingerprint density at radius 2 is 2.10 bits per heavy atom. The summed E-state index contributed by atoms with van der Waals surface area (Å²) in [6, 6.07) is 7.93. The van der Waals surface area contributed by atoms with E-state index in [1.165, 1.54) is 9.58 Å². The first-order valence-corrected chi connectivity index (χ1v) is 7.77. The molecule has 3 heterocycles. The second-order valence-corrected chi connectivity index (χ2v) is 6.21. The number of amides is 1. The van der Waals surface area contributed by atoms with E-state index in [4.69, 9.17) is 0 Å². The lowest BCUT2D eigenvalue weighted by molar-refractivity contribution is 0.0942. The van der Waals surface area contributed by atoms with Crippen LogP contribution >= 0.6 is 11.3 Å². The highest BCUT2D eigenvalue weighted by Gasteiger charge is 2.16. The predicted octanol–water partition coefficient (Wildman–Crippen LogP) is 3.36. The Balaban J connectivity index is 1.82. The van der Waals surface area contributed by atoms with Gasteiger partial charge >= 0.3 is 0 Å². The van der Waals surface area contributed by atoms with Crippen molar-refractivity contribution in [2.24, 2.45) is 0 Å². The van der Waals surface area contributed by atoms with Crippen LogP contribution in [0.15, 0.2) is 36.7 Å². The van der Waals surface area contributed by atoms with Crippen molar-refractivity contribution in [3.8, 4) is 0 Å². The van der Waals surface area contributed by atoms with Gasteiger partial charge in [-0.1, -0.05) is 0 Å². The lowest BCUT2D eigenvalue weighted by Gasteiger charge is -2.08. The van der Waals surface area contributed by atoms with Gasteiger partial charge in [0, 0.05) is 30.4 Å². The van der Waals surface area contributed by atoms with Gasteiger partial charge in [0.25, 0.3) is 5.91 Å². The first-order chi connectivity index (χ1) is 10.2. The summed E-state index contributed by atoms with van der Waals surface area (Å²) >= 11 is 1.73. The number of carbonyl (C=O) groups is 1. The molecule has 0 aliphatic rings.